The van der Waals surface area contributed by atoms with Crippen molar-refractivity contribution in [1.82, 2.24) is 15.6 Å². The number of hydrogen-bond acceptors (Lipinski definition) is 4. The van der Waals surface area contributed by atoms with E-state index in [1.165, 1.54) is 4.88 Å². The molecule has 1 heterocycles. The molecular formula is C15H29IN4OS. The number of rotatable bonds is 9. The van der Waals surface area contributed by atoms with Gasteiger partial charge in [0.15, 0.2) is 5.96 Å². The topological polar surface area (TPSA) is 58.5 Å². The van der Waals surface area contributed by atoms with Crippen LogP contribution < -0.4 is 10.6 Å². The fourth-order valence-electron chi connectivity index (χ4n) is 1.69. The lowest BCUT2D eigenvalue weighted by molar-refractivity contribution is 0.128. The molecule has 2 N–H and O–H groups in total. The highest BCUT2D eigenvalue weighted by Crippen LogP contribution is 2.10. The van der Waals surface area contributed by atoms with Crippen LogP contribution in [0.1, 0.15) is 30.2 Å². The lowest BCUT2D eigenvalue weighted by atomic mass is 10.1. The van der Waals surface area contributed by atoms with E-state index in [1.54, 1.807) is 18.4 Å². The third-order valence-electron chi connectivity index (χ3n) is 2.90. The number of aromatic nitrogens is 1. The fourth-order valence-corrected chi connectivity index (χ4v) is 2.47. The molecule has 0 radical (unpaired) electrons. The second-order valence-electron chi connectivity index (χ2n) is 5.34. The van der Waals surface area contributed by atoms with Crippen molar-refractivity contribution in [3.63, 3.8) is 0 Å². The highest BCUT2D eigenvalue weighted by atomic mass is 127. The summed E-state index contributed by atoms with van der Waals surface area (Å²) in [5.74, 6) is 1.51. The quantitative estimate of drug-likeness (QED) is 0.268. The first-order valence-electron chi connectivity index (χ1n) is 7.55. The van der Waals surface area contributed by atoms with E-state index in [9.17, 15) is 0 Å². The predicted octanol–water partition coefficient (Wildman–Crippen LogP) is 2.84. The van der Waals surface area contributed by atoms with Gasteiger partial charge < -0.3 is 15.4 Å². The minimum Gasteiger partial charge on any atom is -0.380 e. The molecule has 0 fully saturated rings. The average molecular weight is 440 g/mol. The SMILES string of the molecule is CN=C(NCCOCCC(C)C)NCCc1ncc(C)s1.I. The molecule has 128 valence electrons. The number of nitrogens with zero attached hydrogens (tertiary/aromatic N) is 2. The van der Waals surface area contributed by atoms with E-state index in [0.29, 0.717) is 12.5 Å². The number of nitrogens with one attached hydrogen (secondary N) is 2. The van der Waals surface area contributed by atoms with Gasteiger partial charge in [-0.25, -0.2) is 4.98 Å². The van der Waals surface area contributed by atoms with Crippen molar-refractivity contribution in [2.45, 2.75) is 33.6 Å². The molecule has 1 aromatic rings. The van der Waals surface area contributed by atoms with Crippen molar-refractivity contribution >= 4 is 41.3 Å². The first kappa shape index (κ1) is 21.6. The minimum absolute atomic E-state index is 0. The Morgan fingerprint density at radius 2 is 2.05 bits per heavy atom. The predicted molar refractivity (Wildman–Crippen MR) is 106 cm³/mol. The zero-order chi connectivity index (χ0) is 15.5. The van der Waals surface area contributed by atoms with Crippen LogP contribution in [0.3, 0.4) is 0 Å². The van der Waals surface area contributed by atoms with Gasteiger partial charge in [0, 0.05) is 44.2 Å². The molecule has 22 heavy (non-hydrogen) atoms. The van der Waals surface area contributed by atoms with Gasteiger partial charge in [0.1, 0.15) is 0 Å². The minimum atomic E-state index is 0. The van der Waals surface area contributed by atoms with Crippen molar-refractivity contribution in [2.75, 3.05) is 33.4 Å². The number of ether oxygens (including phenoxy) is 1. The van der Waals surface area contributed by atoms with Crippen LogP contribution in [-0.2, 0) is 11.2 Å². The molecule has 0 spiro atoms. The van der Waals surface area contributed by atoms with E-state index in [0.717, 1.165) is 43.5 Å². The van der Waals surface area contributed by atoms with Gasteiger partial charge in [-0.1, -0.05) is 13.8 Å². The van der Waals surface area contributed by atoms with Crippen LogP contribution in [0.5, 0.6) is 0 Å². The number of aliphatic imine (C=N–C) groups is 1. The fraction of sp³-hybridized carbons (Fsp3) is 0.733. The molecule has 0 aromatic carbocycles. The molecule has 0 aliphatic heterocycles. The maximum atomic E-state index is 5.56. The molecule has 1 rings (SSSR count). The lowest BCUT2D eigenvalue weighted by Gasteiger charge is -2.12. The van der Waals surface area contributed by atoms with Crippen LogP contribution in [0, 0.1) is 12.8 Å². The highest BCUT2D eigenvalue weighted by Gasteiger charge is 2.01. The second kappa shape index (κ2) is 13.1. The zero-order valence-corrected chi connectivity index (χ0v) is 17.2. The van der Waals surface area contributed by atoms with E-state index in [2.05, 4.69) is 41.4 Å². The van der Waals surface area contributed by atoms with Gasteiger partial charge in [-0.3, -0.25) is 4.99 Å². The molecule has 0 amide bonds. The lowest BCUT2D eigenvalue weighted by Crippen LogP contribution is -2.39. The summed E-state index contributed by atoms with van der Waals surface area (Å²) >= 11 is 1.74. The van der Waals surface area contributed by atoms with Crippen molar-refractivity contribution in [3.05, 3.63) is 16.1 Å². The van der Waals surface area contributed by atoms with Crippen molar-refractivity contribution < 1.29 is 4.74 Å². The summed E-state index contributed by atoms with van der Waals surface area (Å²) in [7, 11) is 1.78. The first-order valence-corrected chi connectivity index (χ1v) is 8.37. The van der Waals surface area contributed by atoms with Gasteiger partial charge in [-0.05, 0) is 19.3 Å². The zero-order valence-electron chi connectivity index (χ0n) is 14.0. The maximum Gasteiger partial charge on any atom is 0.191 e. The van der Waals surface area contributed by atoms with Crippen molar-refractivity contribution in [2.24, 2.45) is 10.9 Å². The number of thiazole rings is 1. The van der Waals surface area contributed by atoms with Crippen LogP contribution in [0.25, 0.3) is 0 Å². The molecule has 0 bridgehead atoms. The van der Waals surface area contributed by atoms with E-state index < -0.39 is 0 Å². The van der Waals surface area contributed by atoms with E-state index in [-0.39, 0.29) is 24.0 Å². The number of halogens is 1. The van der Waals surface area contributed by atoms with Gasteiger partial charge >= 0.3 is 0 Å². The molecule has 0 saturated heterocycles. The number of hydrogen-bond donors (Lipinski definition) is 2. The third-order valence-corrected chi connectivity index (χ3v) is 3.87. The Morgan fingerprint density at radius 3 is 2.64 bits per heavy atom. The van der Waals surface area contributed by atoms with Gasteiger partial charge in [-0.15, -0.1) is 35.3 Å². The Kier molecular flexibility index (Phi) is 12.8. The first-order chi connectivity index (χ1) is 10.1. The van der Waals surface area contributed by atoms with Crippen LogP contribution in [0.2, 0.25) is 0 Å². The Morgan fingerprint density at radius 1 is 1.32 bits per heavy atom. The molecule has 1 aromatic heterocycles. The van der Waals surface area contributed by atoms with Crippen molar-refractivity contribution in [1.29, 1.82) is 0 Å². The Balaban J connectivity index is 0.00000441. The number of guanidine groups is 1. The van der Waals surface area contributed by atoms with Crippen LogP contribution in [0.4, 0.5) is 0 Å². The second-order valence-corrected chi connectivity index (χ2v) is 6.65. The summed E-state index contributed by atoms with van der Waals surface area (Å²) in [6.07, 6.45) is 3.95. The smallest absolute Gasteiger partial charge is 0.191 e. The molecule has 0 saturated carbocycles. The summed E-state index contributed by atoms with van der Waals surface area (Å²) in [5, 5.41) is 7.69. The van der Waals surface area contributed by atoms with Gasteiger partial charge in [0.25, 0.3) is 0 Å². The van der Waals surface area contributed by atoms with E-state index in [4.69, 9.17) is 4.74 Å². The van der Waals surface area contributed by atoms with Gasteiger partial charge in [0.05, 0.1) is 11.6 Å². The monoisotopic (exact) mass is 440 g/mol. The van der Waals surface area contributed by atoms with E-state index in [1.807, 2.05) is 6.20 Å². The van der Waals surface area contributed by atoms with Crippen LogP contribution in [0.15, 0.2) is 11.2 Å². The Hall–Kier alpha value is -0.410. The van der Waals surface area contributed by atoms with E-state index >= 15 is 0 Å². The molecule has 7 heteroatoms. The molecule has 0 aliphatic rings. The van der Waals surface area contributed by atoms with Gasteiger partial charge in [-0.2, -0.15) is 0 Å². The summed E-state index contributed by atoms with van der Waals surface area (Å²) in [5.41, 5.74) is 0. The molecule has 0 atom stereocenters. The van der Waals surface area contributed by atoms with Crippen LogP contribution in [-0.4, -0.2) is 44.3 Å². The molecule has 0 aliphatic carbocycles. The highest BCUT2D eigenvalue weighted by molar-refractivity contribution is 14.0. The van der Waals surface area contributed by atoms with Crippen molar-refractivity contribution in [3.8, 4) is 0 Å². The summed E-state index contributed by atoms with van der Waals surface area (Å²) in [4.78, 5) is 9.79. The molecular weight excluding hydrogens is 411 g/mol. The standard InChI is InChI=1S/C15H28N4OS.HI/c1-12(2)6-9-20-10-8-18-15(16-4)17-7-5-14-19-11-13(3)21-14;/h11-12H,5-10H2,1-4H3,(H2,16,17,18);1H. The summed E-state index contributed by atoms with van der Waals surface area (Å²) < 4.78 is 5.56. The van der Waals surface area contributed by atoms with Crippen LogP contribution >= 0.6 is 35.3 Å². The largest absolute Gasteiger partial charge is 0.380 e. The Bertz CT molecular complexity index is 423. The normalized spacial score (nSPS) is 11.4. The maximum absolute atomic E-state index is 5.56. The van der Waals surface area contributed by atoms with Gasteiger partial charge in [0.2, 0.25) is 0 Å². The summed E-state index contributed by atoms with van der Waals surface area (Å²) in [6.45, 7) is 9.63. The molecule has 0 unspecified atom stereocenters. The average Bonchev–Trinajstić information content (AvgIpc) is 2.86. The number of aryl methyl sites for hydroxylation is 1. The third kappa shape index (κ3) is 10.3. The Labute approximate surface area is 155 Å². The molecule has 5 nitrogen and oxygen atoms in total. The summed E-state index contributed by atoms with van der Waals surface area (Å²) in [6, 6.07) is 0.